The van der Waals surface area contributed by atoms with Gasteiger partial charge in [-0.15, -0.1) is 24.0 Å². The maximum absolute atomic E-state index is 13.2. The number of benzene rings is 2. The zero-order valence-corrected chi connectivity index (χ0v) is 20.4. The number of ether oxygens (including phenoxy) is 2. The third-order valence-corrected chi connectivity index (χ3v) is 5.98. The maximum Gasteiger partial charge on any atom is 0.191 e. The zero-order chi connectivity index (χ0) is 21.0. The first-order valence-electron chi connectivity index (χ1n) is 10.6. The summed E-state index contributed by atoms with van der Waals surface area (Å²) < 4.78 is 24.9. The normalized spacial score (nSPS) is 19.5. The number of aryl methyl sites for hydroxylation is 1. The smallest absolute Gasteiger partial charge is 0.191 e. The van der Waals surface area contributed by atoms with Crippen LogP contribution >= 0.6 is 24.0 Å². The highest BCUT2D eigenvalue weighted by molar-refractivity contribution is 14.0. The van der Waals surface area contributed by atoms with Crippen molar-refractivity contribution >= 4 is 29.9 Å². The lowest BCUT2D eigenvalue weighted by molar-refractivity contribution is 0.140. The molecule has 0 amide bonds. The van der Waals surface area contributed by atoms with E-state index in [0.29, 0.717) is 13.2 Å². The first-order chi connectivity index (χ1) is 14.6. The Morgan fingerprint density at radius 1 is 1.19 bits per heavy atom. The second-order valence-corrected chi connectivity index (χ2v) is 8.28. The molecule has 168 valence electrons. The zero-order valence-electron chi connectivity index (χ0n) is 18.1. The minimum Gasteiger partial charge on any atom is -0.488 e. The number of guanidine groups is 1. The van der Waals surface area contributed by atoms with Crippen molar-refractivity contribution in [2.45, 2.75) is 44.2 Å². The van der Waals surface area contributed by atoms with Crippen LogP contribution in [0.1, 0.15) is 36.0 Å². The Morgan fingerprint density at radius 2 is 1.97 bits per heavy atom. The van der Waals surface area contributed by atoms with Gasteiger partial charge in [0.2, 0.25) is 0 Å². The Labute approximate surface area is 200 Å². The molecule has 1 unspecified atom stereocenters. The molecule has 2 fully saturated rings. The van der Waals surface area contributed by atoms with E-state index in [2.05, 4.69) is 40.7 Å². The largest absolute Gasteiger partial charge is 0.488 e. The first-order valence-corrected chi connectivity index (χ1v) is 10.6. The Morgan fingerprint density at radius 3 is 2.61 bits per heavy atom. The van der Waals surface area contributed by atoms with E-state index in [0.717, 1.165) is 49.7 Å². The van der Waals surface area contributed by atoms with Gasteiger partial charge < -0.3 is 20.1 Å². The lowest BCUT2D eigenvalue weighted by Gasteiger charge is -2.20. The fourth-order valence-electron chi connectivity index (χ4n) is 3.88. The predicted molar refractivity (Wildman–Crippen MR) is 132 cm³/mol. The van der Waals surface area contributed by atoms with Crippen molar-refractivity contribution in [1.82, 2.24) is 10.6 Å². The summed E-state index contributed by atoms with van der Waals surface area (Å²) >= 11 is 0. The molecule has 0 bridgehead atoms. The summed E-state index contributed by atoms with van der Waals surface area (Å²) in [5.41, 5.74) is 3.52. The van der Waals surface area contributed by atoms with Crippen molar-refractivity contribution in [2.24, 2.45) is 4.99 Å². The van der Waals surface area contributed by atoms with Gasteiger partial charge in [0.1, 0.15) is 17.7 Å². The number of hydrogen-bond acceptors (Lipinski definition) is 3. The Kier molecular flexibility index (Phi) is 8.16. The van der Waals surface area contributed by atoms with Gasteiger partial charge >= 0.3 is 0 Å². The highest BCUT2D eigenvalue weighted by Gasteiger charge is 2.44. The summed E-state index contributed by atoms with van der Waals surface area (Å²) in [5, 5.41) is 6.84. The second kappa shape index (κ2) is 10.6. The van der Waals surface area contributed by atoms with Crippen LogP contribution in [0, 0.1) is 12.7 Å². The standard InChI is InChI=1S/C24H30FN3O2.HI/c1-17-3-4-18(22(13-17)30-21-9-12-29-15-21)14-27-23(26-2)28-16-24(10-11-24)19-5-7-20(25)8-6-19;/h3-8,13,21H,9-12,14-16H2,1-2H3,(H2,26,27,28);1H. The molecule has 1 saturated carbocycles. The van der Waals surface area contributed by atoms with Gasteiger partial charge in [-0.2, -0.15) is 0 Å². The summed E-state index contributed by atoms with van der Waals surface area (Å²) in [6.07, 6.45) is 3.24. The van der Waals surface area contributed by atoms with Gasteiger partial charge in [-0.1, -0.05) is 24.3 Å². The molecule has 2 N–H and O–H groups in total. The average Bonchev–Trinajstić information content (AvgIpc) is 3.36. The SMILES string of the molecule is CN=C(NCc1ccc(C)cc1OC1CCOC1)NCC1(c2ccc(F)cc2)CC1.I. The molecule has 2 aliphatic rings. The molecule has 0 radical (unpaired) electrons. The Bertz CT molecular complexity index is 894. The van der Waals surface area contributed by atoms with Crippen molar-refractivity contribution < 1.29 is 13.9 Å². The number of nitrogens with zero attached hydrogens (tertiary/aromatic N) is 1. The third kappa shape index (κ3) is 6.10. The average molecular weight is 539 g/mol. The van der Waals surface area contributed by atoms with Gasteiger partial charge in [-0.25, -0.2) is 4.39 Å². The van der Waals surface area contributed by atoms with E-state index >= 15 is 0 Å². The fraction of sp³-hybridized carbons (Fsp3) is 0.458. The van der Waals surface area contributed by atoms with Gasteiger partial charge in [0.15, 0.2) is 5.96 Å². The van der Waals surface area contributed by atoms with Crippen LogP contribution in [0.2, 0.25) is 0 Å². The van der Waals surface area contributed by atoms with Gasteiger partial charge in [0.05, 0.1) is 13.2 Å². The van der Waals surface area contributed by atoms with Crippen LogP contribution in [0.3, 0.4) is 0 Å². The van der Waals surface area contributed by atoms with Crippen molar-refractivity contribution in [2.75, 3.05) is 26.8 Å². The number of aliphatic imine (C=N–C) groups is 1. The van der Waals surface area contributed by atoms with Crippen LogP contribution in [-0.2, 0) is 16.7 Å². The summed E-state index contributed by atoms with van der Waals surface area (Å²) in [4.78, 5) is 4.37. The van der Waals surface area contributed by atoms with Crippen LogP contribution in [-0.4, -0.2) is 38.9 Å². The number of halogens is 2. The first kappa shape index (κ1) is 23.8. The van der Waals surface area contributed by atoms with Crippen molar-refractivity contribution in [3.05, 3.63) is 65.0 Å². The molecule has 1 aliphatic carbocycles. The molecule has 5 nitrogen and oxygen atoms in total. The van der Waals surface area contributed by atoms with E-state index in [1.807, 2.05) is 12.1 Å². The van der Waals surface area contributed by atoms with E-state index in [1.54, 1.807) is 7.05 Å². The van der Waals surface area contributed by atoms with E-state index in [1.165, 1.54) is 23.3 Å². The van der Waals surface area contributed by atoms with Gasteiger partial charge in [0, 0.05) is 37.5 Å². The van der Waals surface area contributed by atoms with Crippen LogP contribution in [0.25, 0.3) is 0 Å². The number of nitrogens with one attached hydrogen (secondary N) is 2. The number of hydrogen-bond donors (Lipinski definition) is 2. The van der Waals surface area contributed by atoms with Gasteiger partial charge in [0.25, 0.3) is 0 Å². The molecule has 1 aliphatic heterocycles. The summed E-state index contributed by atoms with van der Waals surface area (Å²) in [6, 6.07) is 13.1. The minimum absolute atomic E-state index is 0. The second-order valence-electron chi connectivity index (χ2n) is 8.28. The third-order valence-electron chi connectivity index (χ3n) is 5.98. The van der Waals surface area contributed by atoms with Crippen molar-refractivity contribution in [1.29, 1.82) is 0 Å². The molecule has 0 spiro atoms. The van der Waals surface area contributed by atoms with Crippen molar-refractivity contribution in [3.8, 4) is 5.75 Å². The highest BCUT2D eigenvalue weighted by atomic mass is 127. The summed E-state index contributed by atoms with van der Waals surface area (Å²) in [5.74, 6) is 1.46. The molecular formula is C24H31FIN3O2. The Hall–Kier alpha value is -1.87. The molecule has 1 saturated heterocycles. The van der Waals surface area contributed by atoms with E-state index in [9.17, 15) is 4.39 Å². The fourth-order valence-corrected chi connectivity index (χ4v) is 3.88. The van der Waals surface area contributed by atoms with Crippen LogP contribution in [0.5, 0.6) is 5.75 Å². The molecule has 2 aromatic carbocycles. The van der Waals surface area contributed by atoms with E-state index in [-0.39, 0.29) is 41.3 Å². The summed E-state index contributed by atoms with van der Waals surface area (Å²) in [7, 11) is 1.77. The van der Waals surface area contributed by atoms with Crippen LogP contribution < -0.4 is 15.4 Å². The lowest BCUT2D eigenvalue weighted by atomic mass is 9.96. The predicted octanol–water partition coefficient (Wildman–Crippen LogP) is 4.32. The molecule has 31 heavy (non-hydrogen) atoms. The topological polar surface area (TPSA) is 54.9 Å². The molecule has 2 aromatic rings. The van der Waals surface area contributed by atoms with E-state index < -0.39 is 0 Å². The van der Waals surface area contributed by atoms with Crippen LogP contribution in [0.15, 0.2) is 47.5 Å². The molecule has 0 aromatic heterocycles. The molecular weight excluding hydrogens is 508 g/mol. The van der Waals surface area contributed by atoms with Gasteiger partial charge in [-0.05, 0) is 49.1 Å². The van der Waals surface area contributed by atoms with Crippen LogP contribution in [0.4, 0.5) is 4.39 Å². The molecule has 7 heteroatoms. The molecule has 1 heterocycles. The maximum atomic E-state index is 13.2. The minimum atomic E-state index is -0.194. The summed E-state index contributed by atoms with van der Waals surface area (Å²) in [6.45, 7) is 4.87. The Balaban J connectivity index is 0.00000272. The lowest BCUT2D eigenvalue weighted by Crippen LogP contribution is -2.41. The molecule has 1 atom stereocenters. The highest BCUT2D eigenvalue weighted by Crippen LogP contribution is 2.47. The van der Waals surface area contributed by atoms with Gasteiger partial charge in [-0.3, -0.25) is 4.99 Å². The molecule has 4 rings (SSSR count). The monoisotopic (exact) mass is 539 g/mol. The van der Waals surface area contributed by atoms with Crippen molar-refractivity contribution in [3.63, 3.8) is 0 Å². The number of rotatable bonds is 7. The quantitative estimate of drug-likeness (QED) is 0.313. The van der Waals surface area contributed by atoms with E-state index in [4.69, 9.17) is 9.47 Å².